The molecule has 128 valence electrons. The summed E-state index contributed by atoms with van der Waals surface area (Å²) < 4.78 is 0. The Labute approximate surface area is 145 Å². The van der Waals surface area contributed by atoms with Gasteiger partial charge in [0.1, 0.15) is 0 Å². The maximum Gasteiger partial charge on any atom is 0.0446 e. The molecule has 1 aromatic carbocycles. The van der Waals surface area contributed by atoms with Gasteiger partial charge in [-0.3, -0.25) is 9.80 Å². The molecule has 23 heavy (non-hydrogen) atoms. The minimum absolute atomic E-state index is 0.310. The SMILES string of the molecule is CSc1ccc(CN2CCN(C3CCCC3)[C@H](CCO)C2)cc1. The van der Waals surface area contributed by atoms with Crippen LogP contribution in [0.3, 0.4) is 0 Å². The third-order valence-corrected chi connectivity index (χ3v) is 6.18. The molecular weight excluding hydrogens is 304 g/mol. The molecule has 0 spiro atoms. The molecule has 1 atom stereocenters. The molecular formula is C19H30N2OS. The number of piperazine rings is 1. The zero-order chi connectivity index (χ0) is 16.1. The van der Waals surface area contributed by atoms with E-state index in [1.165, 1.54) is 36.1 Å². The maximum absolute atomic E-state index is 9.47. The Hall–Kier alpha value is -0.550. The van der Waals surface area contributed by atoms with Crippen LogP contribution in [-0.4, -0.2) is 59.5 Å². The smallest absolute Gasteiger partial charge is 0.0446 e. The molecule has 0 bridgehead atoms. The highest BCUT2D eigenvalue weighted by atomic mass is 32.2. The average molecular weight is 335 g/mol. The summed E-state index contributed by atoms with van der Waals surface area (Å²) in [4.78, 5) is 6.61. The highest BCUT2D eigenvalue weighted by Crippen LogP contribution is 2.28. The lowest BCUT2D eigenvalue weighted by atomic mass is 10.0. The predicted octanol–water partition coefficient (Wildman–Crippen LogP) is 3.22. The Morgan fingerprint density at radius 1 is 1.13 bits per heavy atom. The topological polar surface area (TPSA) is 26.7 Å². The normalized spacial score (nSPS) is 24.3. The largest absolute Gasteiger partial charge is 0.396 e. The second kappa shape index (κ2) is 8.52. The summed E-state index contributed by atoms with van der Waals surface area (Å²) in [5.41, 5.74) is 1.40. The molecule has 1 aromatic rings. The lowest BCUT2D eigenvalue weighted by molar-refractivity contribution is 0.0267. The lowest BCUT2D eigenvalue weighted by Crippen LogP contribution is -2.55. The van der Waals surface area contributed by atoms with E-state index in [0.717, 1.165) is 38.6 Å². The lowest BCUT2D eigenvalue weighted by Gasteiger charge is -2.44. The van der Waals surface area contributed by atoms with Gasteiger partial charge in [-0.1, -0.05) is 25.0 Å². The second-order valence-corrected chi connectivity index (χ2v) is 7.81. The van der Waals surface area contributed by atoms with Crippen molar-refractivity contribution in [2.75, 3.05) is 32.5 Å². The number of thioether (sulfide) groups is 1. The van der Waals surface area contributed by atoms with E-state index in [9.17, 15) is 5.11 Å². The van der Waals surface area contributed by atoms with Gasteiger partial charge in [0.05, 0.1) is 0 Å². The molecule has 0 unspecified atom stereocenters. The van der Waals surface area contributed by atoms with Crippen LogP contribution in [0.15, 0.2) is 29.2 Å². The highest BCUT2D eigenvalue weighted by Gasteiger charge is 2.32. The number of aliphatic hydroxyl groups excluding tert-OH is 1. The number of nitrogens with zero attached hydrogens (tertiary/aromatic N) is 2. The second-order valence-electron chi connectivity index (χ2n) is 6.93. The van der Waals surface area contributed by atoms with Gasteiger partial charge in [0.25, 0.3) is 0 Å². The summed E-state index contributed by atoms with van der Waals surface area (Å²) in [6, 6.07) is 10.3. The van der Waals surface area contributed by atoms with E-state index < -0.39 is 0 Å². The fraction of sp³-hybridized carbons (Fsp3) is 0.684. The minimum atomic E-state index is 0.310. The Balaban J connectivity index is 1.59. The summed E-state index contributed by atoms with van der Waals surface area (Å²) in [6.07, 6.45) is 8.53. The molecule has 0 aromatic heterocycles. The van der Waals surface area contributed by atoms with Gasteiger partial charge in [0.2, 0.25) is 0 Å². The summed E-state index contributed by atoms with van der Waals surface area (Å²) in [5.74, 6) is 0. The molecule has 1 aliphatic carbocycles. The van der Waals surface area contributed by atoms with Crippen molar-refractivity contribution in [3.8, 4) is 0 Å². The van der Waals surface area contributed by atoms with Crippen LogP contribution in [0.5, 0.6) is 0 Å². The van der Waals surface area contributed by atoms with Crippen molar-refractivity contribution in [1.82, 2.24) is 9.80 Å². The molecule has 1 aliphatic heterocycles. The first-order chi connectivity index (χ1) is 11.3. The van der Waals surface area contributed by atoms with Gasteiger partial charge in [0.15, 0.2) is 0 Å². The van der Waals surface area contributed by atoms with Gasteiger partial charge in [-0.2, -0.15) is 0 Å². The van der Waals surface area contributed by atoms with Crippen LogP contribution in [0.25, 0.3) is 0 Å². The number of rotatable bonds is 6. The summed E-state index contributed by atoms with van der Waals surface area (Å²) >= 11 is 1.80. The zero-order valence-electron chi connectivity index (χ0n) is 14.3. The van der Waals surface area contributed by atoms with Gasteiger partial charge in [-0.25, -0.2) is 0 Å². The molecule has 1 saturated heterocycles. The molecule has 0 radical (unpaired) electrons. The summed E-state index contributed by atoms with van der Waals surface area (Å²) in [6.45, 7) is 4.77. The quantitative estimate of drug-likeness (QED) is 0.808. The molecule has 0 amide bonds. The molecule has 1 saturated carbocycles. The van der Waals surface area contributed by atoms with Crippen LogP contribution in [0.1, 0.15) is 37.7 Å². The first-order valence-electron chi connectivity index (χ1n) is 9.02. The minimum Gasteiger partial charge on any atom is -0.396 e. The van der Waals surface area contributed by atoms with Crippen molar-refractivity contribution in [2.24, 2.45) is 0 Å². The zero-order valence-corrected chi connectivity index (χ0v) is 15.1. The van der Waals surface area contributed by atoms with Crippen LogP contribution in [0, 0.1) is 0 Å². The monoisotopic (exact) mass is 334 g/mol. The van der Waals surface area contributed by atoms with Crippen LogP contribution in [0.4, 0.5) is 0 Å². The van der Waals surface area contributed by atoms with Crippen molar-refractivity contribution in [3.63, 3.8) is 0 Å². The first-order valence-corrected chi connectivity index (χ1v) is 10.2. The van der Waals surface area contributed by atoms with E-state index in [4.69, 9.17) is 0 Å². The van der Waals surface area contributed by atoms with Crippen LogP contribution >= 0.6 is 11.8 Å². The number of hydrogen-bond donors (Lipinski definition) is 1. The first kappa shape index (κ1) is 17.3. The van der Waals surface area contributed by atoms with E-state index >= 15 is 0 Å². The van der Waals surface area contributed by atoms with Crippen molar-refractivity contribution < 1.29 is 5.11 Å². The van der Waals surface area contributed by atoms with E-state index in [-0.39, 0.29) is 0 Å². The van der Waals surface area contributed by atoms with Gasteiger partial charge in [-0.15, -0.1) is 11.8 Å². The predicted molar refractivity (Wildman–Crippen MR) is 98.0 cm³/mol. The number of aliphatic hydroxyl groups is 1. The van der Waals surface area contributed by atoms with Crippen molar-refractivity contribution in [3.05, 3.63) is 29.8 Å². The fourth-order valence-corrected chi connectivity index (χ4v) is 4.60. The maximum atomic E-state index is 9.47. The Kier molecular flexibility index (Phi) is 6.40. The molecule has 1 heterocycles. The molecule has 4 heteroatoms. The van der Waals surface area contributed by atoms with Crippen molar-refractivity contribution in [2.45, 2.75) is 55.6 Å². The molecule has 2 fully saturated rings. The fourth-order valence-electron chi connectivity index (χ4n) is 4.19. The third-order valence-electron chi connectivity index (χ3n) is 5.43. The van der Waals surface area contributed by atoms with Crippen LogP contribution in [-0.2, 0) is 6.54 Å². The molecule has 3 nitrogen and oxygen atoms in total. The Bertz CT molecular complexity index is 473. The van der Waals surface area contributed by atoms with E-state index in [2.05, 4.69) is 40.3 Å². The van der Waals surface area contributed by atoms with Crippen molar-refractivity contribution >= 4 is 11.8 Å². The molecule has 1 N–H and O–H groups in total. The average Bonchev–Trinajstić information content (AvgIpc) is 3.10. The number of benzene rings is 1. The van der Waals surface area contributed by atoms with Gasteiger partial charge in [-0.05, 0) is 43.2 Å². The van der Waals surface area contributed by atoms with Crippen LogP contribution < -0.4 is 0 Å². The van der Waals surface area contributed by atoms with Crippen LogP contribution in [0.2, 0.25) is 0 Å². The Morgan fingerprint density at radius 2 is 1.87 bits per heavy atom. The summed E-state index contributed by atoms with van der Waals surface area (Å²) in [5, 5.41) is 9.47. The van der Waals surface area contributed by atoms with Gasteiger partial charge < -0.3 is 5.11 Å². The van der Waals surface area contributed by atoms with Gasteiger partial charge in [0, 0.05) is 49.8 Å². The van der Waals surface area contributed by atoms with Crippen molar-refractivity contribution in [1.29, 1.82) is 0 Å². The van der Waals surface area contributed by atoms with Gasteiger partial charge >= 0.3 is 0 Å². The van der Waals surface area contributed by atoms with E-state index in [1.807, 2.05) is 0 Å². The number of hydrogen-bond acceptors (Lipinski definition) is 4. The van der Waals surface area contributed by atoms with E-state index in [0.29, 0.717) is 12.6 Å². The molecule has 3 rings (SSSR count). The molecule has 2 aliphatic rings. The van der Waals surface area contributed by atoms with E-state index in [1.54, 1.807) is 11.8 Å². The Morgan fingerprint density at radius 3 is 2.52 bits per heavy atom. The summed E-state index contributed by atoms with van der Waals surface area (Å²) in [7, 11) is 0. The standard InChI is InChI=1S/C19H30N2OS/c1-23-19-8-6-16(7-9-19)14-20-11-12-21(17-4-2-3-5-17)18(15-20)10-13-22/h6-9,17-18,22H,2-5,10-15H2,1H3/t18-/m1/s1. The highest BCUT2D eigenvalue weighted by molar-refractivity contribution is 7.98. The third kappa shape index (κ3) is 4.50.